The topological polar surface area (TPSA) is 73.0 Å². The minimum absolute atomic E-state index is 0.00308. The molecule has 184 valence electrons. The van der Waals surface area contributed by atoms with Crippen LogP contribution >= 0.6 is 0 Å². The van der Waals surface area contributed by atoms with Gasteiger partial charge in [-0.15, -0.1) is 0 Å². The molecule has 5 rings (SSSR count). The molecule has 0 aliphatic carbocycles. The predicted octanol–water partition coefficient (Wildman–Crippen LogP) is 2.90. The van der Waals surface area contributed by atoms with Crippen molar-refractivity contribution in [1.82, 2.24) is 20.0 Å². The Morgan fingerprint density at radius 3 is 2.56 bits per heavy atom. The van der Waals surface area contributed by atoms with E-state index in [0.29, 0.717) is 49.8 Å². The Morgan fingerprint density at radius 2 is 1.76 bits per heavy atom. The van der Waals surface area contributed by atoms with Gasteiger partial charge < -0.3 is 20.0 Å². The minimum atomic E-state index is 0.00308. The first kappa shape index (κ1) is 23.2. The second-order valence-electron chi connectivity index (χ2n) is 10.7. The summed E-state index contributed by atoms with van der Waals surface area (Å²) in [7, 11) is 0. The maximum absolute atomic E-state index is 13.3. The standard InChI is InChI=1S/C27H38N4O3/c32-25-10-4-9-24-23-16-21(18-31(24)25)17-30(19-23)27(34)29-14-11-22(12-15-29)26(33)28-13-5-8-20-6-2-1-3-7-20/h1-3,6-7,21-24H,4-5,8-19H2,(H,28,33)/t21-,23+,24+/m0/s1. The monoisotopic (exact) mass is 466 g/mol. The van der Waals surface area contributed by atoms with E-state index >= 15 is 0 Å². The van der Waals surface area contributed by atoms with Crippen molar-refractivity contribution in [2.75, 3.05) is 39.3 Å². The molecule has 4 saturated heterocycles. The van der Waals surface area contributed by atoms with E-state index in [-0.39, 0.29) is 17.9 Å². The SMILES string of the molecule is O=C(NCCCc1ccccc1)C1CCN(C(=O)N2C[C@@H]3C[C@H](C2)[C@H]2CCCC(=O)N2C3)CC1. The number of aryl methyl sites for hydroxylation is 1. The zero-order valence-corrected chi connectivity index (χ0v) is 20.2. The third-order valence-corrected chi connectivity index (χ3v) is 8.37. The molecule has 3 atom stereocenters. The van der Waals surface area contributed by atoms with Crippen LogP contribution in [-0.2, 0) is 16.0 Å². The molecule has 4 aliphatic rings. The van der Waals surface area contributed by atoms with Gasteiger partial charge in [0.15, 0.2) is 0 Å². The highest BCUT2D eigenvalue weighted by Crippen LogP contribution is 2.38. The fourth-order valence-electron chi connectivity index (χ4n) is 6.59. The van der Waals surface area contributed by atoms with E-state index in [9.17, 15) is 14.4 Å². The quantitative estimate of drug-likeness (QED) is 0.679. The van der Waals surface area contributed by atoms with Gasteiger partial charge in [-0.2, -0.15) is 0 Å². The Morgan fingerprint density at radius 1 is 0.971 bits per heavy atom. The van der Waals surface area contributed by atoms with E-state index in [2.05, 4.69) is 22.3 Å². The van der Waals surface area contributed by atoms with Crippen LogP contribution in [-0.4, -0.2) is 77.9 Å². The van der Waals surface area contributed by atoms with Gasteiger partial charge >= 0.3 is 6.03 Å². The van der Waals surface area contributed by atoms with Gasteiger partial charge in [-0.1, -0.05) is 30.3 Å². The summed E-state index contributed by atoms with van der Waals surface area (Å²) >= 11 is 0. The summed E-state index contributed by atoms with van der Waals surface area (Å²) in [5.74, 6) is 1.27. The average molecular weight is 467 g/mol. The van der Waals surface area contributed by atoms with Gasteiger partial charge in [0.2, 0.25) is 11.8 Å². The number of nitrogens with one attached hydrogen (secondary N) is 1. The van der Waals surface area contributed by atoms with Gasteiger partial charge in [-0.25, -0.2) is 4.79 Å². The maximum atomic E-state index is 13.3. The largest absolute Gasteiger partial charge is 0.356 e. The normalized spacial score (nSPS) is 27.4. The predicted molar refractivity (Wildman–Crippen MR) is 130 cm³/mol. The summed E-state index contributed by atoms with van der Waals surface area (Å²) in [6.45, 7) is 4.35. The van der Waals surface area contributed by atoms with Gasteiger partial charge in [-0.3, -0.25) is 9.59 Å². The molecule has 4 amide bonds. The zero-order chi connectivity index (χ0) is 23.5. The van der Waals surface area contributed by atoms with Crippen molar-refractivity contribution in [3.63, 3.8) is 0 Å². The summed E-state index contributed by atoms with van der Waals surface area (Å²) in [5.41, 5.74) is 1.30. The summed E-state index contributed by atoms with van der Waals surface area (Å²) in [6.07, 6.45) is 7.28. The molecule has 2 bridgehead atoms. The number of likely N-dealkylation sites (tertiary alicyclic amines) is 2. The van der Waals surface area contributed by atoms with Crippen LogP contribution < -0.4 is 5.32 Å². The molecule has 0 radical (unpaired) electrons. The van der Waals surface area contributed by atoms with Crippen LogP contribution in [0.3, 0.4) is 0 Å². The van der Waals surface area contributed by atoms with Gasteiger partial charge in [-0.05, 0) is 62.3 Å². The number of hydrogen-bond donors (Lipinski definition) is 1. The number of rotatable bonds is 5. The fourth-order valence-corrected chi connectivity index (χ4v) is 6.59. The molecule has 0 saturated carbocycles. The first-order chi connectivity index (χ1) is 16.6. The first-order valence-corrected chi connectivity index (χ1v) is 13.2. The van der Waals surface area contributed by atoms with E-state index in [4.69, 9.17) is 0 Å². The summed E-state index contributed by atoms with van der Waals surface area (Å²) in [6, 6.07) is 10.8. The molecule has 1 aromatic carbocycles. The Hall–Kier alpha value is -2.57. The van der Waals surface area contributed by atoms with Crippen molar-refractivity contribution in [1.29, 1.82) is 0 Å². The summed E-state index contributed by atoms with van der Waals surface area (Å²) in [5, 5.41) is 3.10. The highest BCUT2D eigenvalue weighted by atomic mass is 16.2. The molecule has 0 aromatic heterocycles. The van der Waals surface area contributed by atoms with E-state index < -0.39 is 0 Å². The maximum Gasteiger partial charge on any atom is 0.320 e. The van der Waals surface area contributed by atoms with Gasteiger partial charge in [0, 0.05) is 57.6 Å². The molecule has 7 heteroatoms. The number of nitrogens with zero attached hydrogens (tertiary/aromatic N) is 3. The Labute approximate surface area is 202 Å². The van der Waals surface area contributed by atoms with Crippen molar-refractivity contribution in [2.24, 2.45) is 17.8 Å². The van der Waals surface area contributed by atoms with Crippen LogP contribution in [0.2, 0.25) is 0 Å². The fraction of sp³-hybridized carbons (Fsp3) is 0.667. The number of fused-ring (bicyclic) bond motifs is 4. The van der Waals surface area contributed by atoms with Crippen molar-refractivity contribution >= 4 is 17.8 Å². The molecule has 0 spiro atoms. The second-order valence-corrected chi connectivity index (χ2v) is 10.7. The van der Waals surface area contributed by atoms with Crippen LogP contribution in [0.1, 0.15) is 50.5 Å². The molecule has 0 unspecified atom stereocenters. The molecule has 4 heterocycles. The molecule has 7 nitrogen and oxygen atoms in total. The Bertz CT molecular complexity index is 883. The lowest BCUT2D eigenvalue weighted by atomic mass is 9.76. The number of benzene rings is 1. The first-order valence-electron chi connectivity index (χ1n) is 13.2. The van der Waals surface area contributed by atoms with Crippen LogP contribution in [0.5, 0.6) is 0 Å². The highest BCUT2D eigenvalue weighted by Gasteiger charge is 2.45. The number of hydrogen-bond acceptors (Lipinski definition) is 3. The second kappa shape index (κ2) is 10.4. The molecule has 4 aliphatic heterocycles. The van der Waals surface area contributed by atoms with E-state index in [1.54, 1.807) is 0 Å². The van der Waals surface area contributed by atoms with Crippen LogP contribution in [0.25, 0.3) is 0 Å². The molecule has 4 fully saturated rings. The van der Waals surface area contributed by atoms with Crippen molar-refractivity contribution in [2.45, 2.75) is 57.4 Å². The number of urea groups is 1. The summed E-state index contributed by atoms with van der Waals surface area (Å²) in [4.78, 5) is 44.4. The van der Waals surface area contributed by atoms with Crippen molar-refractivity contribution in [3.05, 3.63) is 35.9 Å². The zero-order valence-electron chi connectivity index (χ0n) is 20.2. The Kier molecular flexibility index (Phi) is 7.07. The van der Waals surface area contributed by atoms with E-state index in [1.165, 1.54) is 5.56 Å². The average Bonchev–Trinajstić information content (AvgIpc) is 2.87. The van der Waals surface area contributed by atoms with Gasteiger partial charge in [0.25, 0.3) is 0 Å². The van der Waals surface area contributed by atoms with Crippen LogP contribution in [0.15, 0.2) is 30.3 Å². The third-order valence-electron chi connectivity index (χ3n) is 8.37. The molecular weight excluding hydrogens is 428 g/mol. The molecule has 1 aromatic rings. The number of piperidine rings is 4. The van der Waals surface area contributed by atoms with Crippen molar-refractivity contribution in [3.8, 4) is 0 Å². The molecular formula is C27H38N4O3. The van der Waals surface area contributed by atoms with Gasteiger partial charge in [0.05, 0.1) is 0 Å². The molecule has 1 N–H and O–H groups in total. The van der Waals surface area contributed by atoms with Gasteiger partial charge in [0.1, 0.15) is 0 Å². The third kappa shape index (κ3) is 5.08. The lowest BCUT2D eigenvalue weighted by Gasteiger charge is -2.53. The molecule has 34 heavy (non-hydrogen) atoms. The number of carbonyl (C=O) groups excluding carboxylic acids is 3. The smallest absolute Gasteiger partial charge is 0.320 e. The minimum Gasteiger partial charge on any atom is -0.356 e. The summed E-state index contributed by atoms with van der Waals surface area (Å²) < 4.78 is 0. The number of carbonyl (C=O) groups is 3. The lowest BCUT2D eigenvalue weighted by molar-refractivity contribution is -0.144. The Balaban J connectivity index is 1.05. The van der Waals surface area contributed by atoms with E-state index in [1.807, 2.05) is 28.0 Å². The van der Waals surface area contributed by atoms with E-state index in [0.717, 1.165) is 64.6 Å². The highest BCUT2D eigenvalue weighted by molar-refractivity contribution is 5.80. The lowest BCUT2D eigenvalue weighted by Crippen LogP contribution is -2.62. The van der Waals surface area contributed by atoms with Crippen LogP contribution in [0, 0.1) is 17.8 Å². The number of amides is 4. The van der Waals surface area contributed by atoms with Crippen LogP contribution in [0.4, 0.5) is 4.79 Å². The van der Waals surface area contributed by atoms with Crippen molar-refractivity contribution < 1.29 is 14.4 Å².